The zero-order valence-corrected chi connectivity index (χ0v) is 14.4. The summed E-state index contributed by atoms with van der Waals surface area (Å²) in [4.78, 5) is 17.3. The van der Waals surface area contributed by atoms with Crippen molar-refractivity contribution < 1.29 is 4.79 Å². The molecule has 0 radical (unpaired) electrons. The fourth-order valence-electron chi connectivity index (χ4n) is 1.88. The second kappa shape index (κ2) is 7.68. The zero-order valence-electron chi connectivity index (χ0n) is 12.0. The van der Waals surface area contributed by atoms with Crippen molar-refractivity contribution in [1.29, 1.82) is 0 Å². The third-order valence-electron chi connectivity index (χ3n) is 3.03. The van der Waals surface area contributed by atoms with Crippen molar-refractivity contribution in [3.8, 4) is 0 Å². The summed E-state index contributed by atoms with van der Waals surface area (Å²) in [5.74, 6) is -0.0808. The molecule has 0 aliphatic carbocycles. The van der Waals surface area contributed by atoms with Crippen molar-refractivity contribution >= 4 is 38.3 Å². The van der Waals surface area contributed by atoms with E-state index >= 15 is 0 Å². The molecular formula is C15H18BrN3OS. The Morgan fingerprint density at radius 1 is 1.38 bits per heavy atom. The molecule has 21 heavy (non-hydrogen) atoms. The Labute approximate surface area is 137 Å². The van der Waals surface area contributed by atoms with Crippen LogP contribution in [0.4, 0.5) is 5.13 Å². The first-order valence-corrected chi connectivity index (χ1v) is 8.34. The summed E-state index contributed by atoms with van der Waals surface area (Å²) in [7, 11) is 1.84. The number of hydrogen-bond donors (Lipinski definition) is 2. The molecule has 0 saturated heterocycles. The number of carbonyl (C=O) groups is 1. The van der Waals surface area contributed by atoms with E-state index in [0.717, 1.165) is 15.8 Å². The van der Waals surface area contributed by atoms with E-state index in [2.05, 4.69) is 43.7 Å². The van der Waals surface area contributed by atoms with Crippen LogP contribution in [0, 0.1) is 5.92 Å². The van der Waals surface area contributed by atoms with Gasteiger partial charge >= 0.3 is 0 Å². The molecule has 112 valence electrons. The summed E-state index contributed by atoms with van der Waals surface area (Å²) in [6.07, 6.45) is 2.65. The maximum atomic E-state index is 11.9. The van der Waals surface area contributed by atoms with Crippen LogP contribution in [0.5, 0.6) is 0 Å². The summed E-state index contributed by atoms with van der Waals surface area (Å²) in [5.41, 5.74) is 1.23. The molecule has 1 aromatic carbocycles. The van der Waals surface area contributed by atoms with E-state index in [9.17, 15) is 4.79 Å². The third-order valence-corrected chi connectivity index (χ3v) is 4.47. The van der Waals surface area contributed by atoms with Crippen LogP contribution in [-0.4, -0.2) is 24.5 Å². The number of thiazole rings is 1. The van der Waals surface area contributed by atoms with Crippen LogP contribution in [0.25, 0.3) is 0 Å². The van der Waals surface area contributed by atoms with Crippen molar-refractivity contribution in [3.05, 3.63) is 45.4 Å². The topological polar surface area (TPSA) is 54.0 Å². The van der Waals surface area contributed by atoms with Crippen LogP contribution in [-0.2, 0) is 11.2 Å². The van der Waals surface area contributed by atoms with Crippen molar-refractivity contribution in [2.24, 2.45) is 5.92 Å². The molecule has 2 aromatic rings. The van der Waals surface area contributed by atoms with Crippen molar-refractivity contribution in [2.75, 3.05) is 18.9 Å². The van der Waals surface area contributed by atoms with Gasteiger partial charge in [0.15, 0.2) is 5.13 Å². The second-order valence-electron chi connectivity index (χ2n) is 4.88. The lowest BCUT2D eigenvalue weighted by atomic mass is 10.1. The number of aromatic nitrogens is 1. The molecule has 4 nitrogen and oxygen atoms in total. The third kappa shape index (κ3) is 4.91. The van der Waals surface area contributed by atoms with Gasteiger partial charge in [0.1, 0.15) is 0 Å². The molecule has 0 aliphatic heterocycles. The van der Waals surface area contributed by atoms with E-state index in [0.29, 0.717) is 11.7 Å². The Morgan fingerprint density at radius 2 is 2.10 bits per heavy atom. The van der Waals surface area contributed by atoms with Crippen molar-refractivity contribution in [1.82, 2.24) is 10.3 Å². The van der Waals surface area contributed by atoms with Gasteiger partial charge in [0.25, 0.3) is 0 Å². The van der Waals surface area contributed by atoms with Gasteiger partial charge in [-0.3, -0.25) is 4.79 Å². The largest absolute Gasteiger partial charge is 0.319 e. The first-order valence-electron chi connectivity index (χ1n) is 6.73. The number of amides is 1. The van der Waals surface area contributed by atoms with Crippen LogP contribution in [0.3, 0.4) is 0 Å². The smallest absolute Gasteiger partial charge is 0.230 e. The molecule has 0 spiro atoms. The number of benzene rings is 1. The van der Waals surface area contributed by atoms with E-state index in [-0.39, 0.29) is 11.8 Å². The molecule has 1 atom stereocenters. The zero-order chi connectivity index (χ0) is 15.2. The minimum Gasteiger partial charge on any atom is -0.319 e. The van der Waals surface area contributed by atoms with Crippen LogP contribution in [0.1, 0.15) is 17.4 Å². The Kier molecular flexibility index (Phi) is 5.90. The predicted molar refractivity (Wildman–Crippen MR) is 90.8 cm³/mol. The average molecular weight is 368 g/mol. The highest BCUT2D eigenvalue weighted by atomic mass is 79.9. The quantitative estimate of drug-likeness (QED) is 0.823. The number of nitrogens with zero attached hydrogens (tertiary/aromatic N) is 1. The summed E-state index contributed by atoms with van der Waals surface area (Å²) < 4.78 is 1.07. The van der Waals surface area contributed by atoms with Gasteiger partial charge < -0.3 is 10.6 Å². The van der Waals surface area contributed by atoms with Gasteiger partial charge in [0.05, 0.1) is 0 Å². The highest BCUT2D eigenvalue weighted by Crippen LogP contribution is 2.22. The highest BCUT2D eigenvalue weighted by molar-refractivity contribution is 9.10. The summed E-state index contributed by atoms with van der Waals surface area (Å²) in [5, 5.41) is 6.52. The van der Waals surface area contributed by atoms with Crippen molar-refractivity contribution in [2.45, 2.75) is 13.3 Å². The predicted octanol–water partition coefficient (Wildman–Crippen LogP) is 3.29. The minimum absolute atomic E-state index is 0.00566. The maximum Gasteiger partial charge on any atom is 0.230 e. The van der Waals surface area contributed by atoms with E-state index in [1.165, 1.54) is 16.9 Å². The van der Waals surface area contributed by atoms with E-state index in [4.69, 9.17) is 0 Å². The molecule has 2 N–H and O–H groups in total. The van der Waals surface area contributed by atoms with E-state index < -0.39 is 0 Å². The van der Waals surface area contributed by atoms with Gasteiger partial charge in [0.2, 0.25) is 5.91 Å². The molecule has 1 heterocycles. The molecule has 0 saturated carbocycles. The first kappa shape index (κ1) is 16.1. The molecule has 0 fully saturated rings. The summed E-state index contributed by atoms with van der Waals surface area (Å²) in [6.45, 7) is 2.55. The molecule has 1 unspecified atom stereocenters. The standard InChI is InChI=1S/C15H18BrN3OS/c1-10(8-17-2)14(20)19-15-18-9-13(21-15)7-11-3-5-12(16)6-4-11/h3-6,9-10,17H,7-8H2,1-2H3,(H,18,19,20). The Morgan fingerprint density at radius 3 is 2.76 bits per heavy atom. The Balaban J connectivity index is 1.95. The molecule has 6 heteroatoms. The van der Waals surface area contributed by atoms with E-state index in [1.54, 1.807) is 0 Å². The first-order chi connectivity index (χ1) is 10.1. The normalized spacial score (nSPS) is 12.1. The lowest BCUT2D eigenvalue weighted by Crippen LogP contribution is -2.28. The van der Waals surface area contributed by atoms with Crippen LogP contribution in [0.15, 0.2) is 34.9 Å². The number of rotatable bonds is 6. The molecule has 0 aliphatic rings. The molecular weight excluding hydrogens is 350 g/mol. The fourth-order valence-corrected chi connectivity index (χ4v) is 2.99. The summed E-state index contributed by atoms with van der Waals surface area (Å²) >= 11 is 4.95. The van der Waals surface area contributed by atoms with Gasteiger partial charge in [-0.15, -0.1) is 11.3 Å². The summed E-state index contributed by atoms with van der Waals surface area (Å²) in [6, 6.07) is 8.21. The number of halogens is 1. The SMILES string of the molecule is CNCC(C)C(=O)Nc1ncc(Cc2ccc(Br)cc2)s1. The number of hydrogen-bond acceptors (Lipinski definition) is 4. The van der Waals surface area contributed by atoms with E-state index in [1.807, 2.05) is 32.3 Å². The number of anilines is 1. The molecule has 1 aromatic heterocycles. The lowest BCUT2D eigenvalue weighted by molar-refractivity contribution is -0.119. The maximum absolute atomic E-state index is 11.9. The van der Waals surface area contributed by atoms with Gasteiger partial charge in [-0.2, -0.15) is 0 Å². The van der Waals surface area contributed by atoms with Gasteiger partial charge in [-0.25, -0.2) is 4.98 Å². The Bertz CT molecular complexity index is 597. The van der Waals surface area contributed by atoms with Crippen LogP contribution >= 0.6 is 27.3 Å². The van der Waals surface area contributed by atoms with Crippen molar-refractivity contribution in [3.63, 3.8) is 0 Å². The van der Waals surface area contributed by atoms with Crippen LogP contribution in [0.2, 0.25) is 0 Å². The average Bonchev–Trinajstić information content (AvgIpc) is 2.89. The fraction of sp³-hybridized carbons (Fsp3) is 0.333. The van der Waals surface area contributed by atoms with Gasteiger partial charge in [-0.05, 0) is 24.7 Å². The van der Waals surface area contributed by atoms with Crippen LogP contribution < -0.4 is 10.6 Å². The van der Waals surface area contributed by atoms with Gasteiger partial charge in [-0.1, -0.05) is 35.0 Å². The molecule has 1 amide bonds. The molecule has 2 rings (SSSR count). The highest BCUT2D eigenvalue weighted by Gasteiger charge is 2.13. The second-order valence-corrected chi connectivity index (χ2v) is 6.91. The Hall–Kier alpha value is -1.24. The number of carbonyl (C=O) groups excluding carboxylic acids is 1. The monoisotopic (exact) mass is 367 g/mol. The lowest BCUT2D eigenvalue weighted by Gasteiger charge is -2.09. The molecule has 0 bridgehead atoms. The van der Waals surface area contributed by atoms with Gasteiger partial charge in [0, 0.05) is 34.4 Å². The number of nitrogens with one attached hydrogen (secondary N) is 2. The minimum atomic E-state index is -0.0752.